The van der Waals surface area contributed by atoms with Crippen LogP contribution < -0.4 is 4.74 Å². The Kier molecular flexibility index (Phi) is 3.64. The van der Waals surface area contributed by atoms with Gasteiger partial charge in [0.25, 0.3) is 0 Å². The zero-order valence-electron chi connectivity index (χ0n) is 9.93. The number of ether oxygens (including phenoxy) is 1. The Morgan fingerprint density at radius 2 is 2.18 bits per heavy atom. The summed E-state index contributed by atoms with van der Waals surface area (Å²) >= 11 is 0. The fourth-order valence-corrected chi connectivity index (χ4v) is 2.32. The van der Waals surface area contributed by atoms with Crippen LogP contribution in [0.4, 0.5) is 0 Å². The van der Waals surface area contributed by atoms with Crippen LogP contribution in [0.1, 0.15) is 17.9 Å². The summed E-state index contributed by atoms with van der Waals surface area (Å²) in [6.45, 7) is 1.84. The van der Waals surface area contributed by atoms with Gasteiger partial charge in [-0.1, -0.05) is 12.1 Å². The average molecular weight is 235 g/mol. The maximum absolute atomic E-state index is 10.6. The summed E-state index contributed by atoms with van der Waals surface area (Å²) in [5.41, 5.74) is 1.26. The molecule has 0 aromatic heterocycles. The van der Waals surface area contributed by atoms with E-state index in [1.807, 2.05) is 17.0 Å². The number of hydrogen-bond acceptors (Lipinski definition) is 3. The van der Waals surface area contributed by atoms with Gasteiger partial charge in [0.05, 0.1) is 13.7 Å². The molecule has 92 valence electrons. The number of rotatable bonds is 4. The highest BCUT2D eigenvalue weighted by Crippen LogP contribution is 2.28. The van der Waals surface area contributed by atoms with Crippen molar-refractivity contribution in [1.82, 2.24) is 4.90 Å². The first-order valence-electron chi connectivity index (χ1n) is 5.77. The van der Waals surface area contributed by atoms with E-state index in [1.165, 1.54) is 5.56 Å². The van der Waals surface area contributed by atoms with E-state index in [9.17, 15) is 4.79 Å². The van der Waals surface area contributed by atoms with Gasteiger partial charge in [-0.15, -0.1) is 0 Å². The van der Waals surface area contributed by atoms with Crippen molar-refractivity contribution >= 4 is 5.97 Å². The molecule has 0 radical (unpaired) electrons. The Bertz CT molecular complexity index is 388. The SMILES string of the molecule is COc1ccc([C@H]2CCN(CC(=O)O)C2)cc1. The molecular formula is C13H17NO3. The highest BCUT2D eigenvalue weighted by atomic mass is 16.5. The molecule has 1 fully saturated rings. The number of carboxylic acid groups (broad SMARTS) is 1. The third-order valence-corrected chi connectivity index (χ3v) is 3.22. The molecule has 0 unspecified atom stereocenters. The van der Waals surface area contributed by atoms with E-state index in [2.05, 4.69) is 12.1 Å². The highest BCUT2D eigenvalue weighted by molar-refractivity contribution is 5.69. The first kappa shape index (κ1) is 11.9. The number of benzene rings is 1. The second kappa shape index (κ2) is 5.19. The lowest BCUT2D eigenvalue weighted by Gasteiger charge is -2.13. The zero-order chi connectivity index (χ0) is 12.3. The molecule has 1 heterocycles. The lowest BCUT2D eigenvalue weighted by atomic mass is 9.98. The van der Waals surface area contributed by atoms with Gasteiger partial charge in [-0.2, -0.15) is 0 Å². The van der Waals surface area contributed by atoms with Crippen molar-refractivity contribution < 1.29 is 14.6 Å². The van der Waals surface area contributed by atoms with Crippen LogP contribution >= 0.6 is 0 Å². The molecule has 1 saturated heterocycles. The average Bonchev–Trinajstić information content (AvgIpc) is 2.77. The molecule has 1 atom stereocenters. The number of hydrogen-bond donors (Lipinski definition) is 1. The molecule has 2 rings (SSSR count). The van der Waals surface area contributed by atoms with E-state index in [0.717, 1.165) is 25.3 Å². The molecule has 4 heteroatoms. The van der Waals surface area contributed by atoms with Gasteiger partial charge in [0.1, 0.15) is 5.75 Å². The number of nitrogens with zero attached hydrogens (tertiary/aromatic N) is 1. The van der Waals surface area contributed by atoms with Crippen LogP contribution in [0.2, 0.25) is 0 Å². The summed E-state index contributed by atoms with van der Waals surface area (Å²) < 4.78 is 5.12. The van der Waals surface area contributed by atoms with Crippen molar-refractivity contribution in [2.75, 3.05) is 26.7 Å². The van der Waals surface area contributed by atoms with Crippen molar-refractivity contribution in [2.24, 2.45) is 0 Å². The molecule has 0 aliphatic carbocycles. The summed E-state index contributed by atoms with van der Waals surface area (Å²) in [4.78, 5) is 12.6. The minimum atomic E-state index is -0.750. The van der Waals surface area contributed by atoms with Crippen LogP contribution in [0.25, 0.3) is 0 Å². The van der Waals surface area contributed by atoms with Crippen molar-refractivity contribution in [3.8, 4) is 5.75 Å². The highest BCUT2D eigenvalue weighted by Gasteiger charge is 2.24. The van der Waals surface area contributed by atoms with E-state index in [0.29, 0.717) is 5.92 Å². The number of carbonyl (C=O) groups is 1. The first-order chi connectivity index (χ1) is 8.19. The van der Waals surface area contributed by atoms with Gasteiger partial charge in [-0.3, -0.25) is 9.69 Å². The Morgan fingerprint density at radius 1 is 1.47 bits per heavy atom. The Morgan fingerprint density at radius 3 is 2.76 bits per heavy atom. The smallest absolute Gasteiger partial charge is 0.317 e. The fraction of sp³-hybridized carbons (Fsp3) is 0.462. The third-order valence-electron chi connectivity index (χ3n) is 3.22. The number of methoxy groups -OCH3 is 1. The topological polar surface area (TPSA) is 49.8 Å². The standard InChI is InChI=1S/C13H17NO3/c1-17-12-4-2-10(3-5-12)11-6-7-14(8-11)9-13(15)16/h2-5,11H,6-9H2,1H3,(H,15,16)/t11-/m0/s1. The van der Waals surface area contributed by atoms with Crippen molar-refractivity contribution in [2.45, 2.75) is 12.3 Å². The predicted molar refractivity (Wildman–Crippen MR) is 64.4 cm³/mol. The Balaban J connectivity index is 1.97. The summed E-state index contributed by atoms with van der Waals surface area (Å²) in [5.74, 6) is 0.551. The molecule has 1 aliphatic heterocycles. The van der Waals surface area contributed by atoms with Crippen LogP contribution in [-0.4, -0.2) is 42.7 Å². The lowest BCUT2D eigenvalue weighted by molar-refractivity contribution is -0.138. The van der Waals surface area contributed by atoms with Crippen LogP contribution in [0.5, 0.6) is 5.75 Å². The summed E-state index contributed by atoms with van der Waals surface area (Å²) in [6.07, 6.45) is 1.03. The van der Waals surface area contributed by atoms with Crippen LogP contribution in [0.15, 0.2) is 24.3 Å². The minimum absolute atomic E-state index is 0.145. The van der Waals surface area contributed by atoms with E-state index in [4.69, 9.17) is 9.84 Å². The summed E-state index contributed by atoms with van der Waals surface area (Å²) in [6, 6.07) is 8.03. The lowest BCUT2D eigenvalue weighted by Crippen LogP contribution is -2.27. The molecular weight excluding hydrogens is 218 g/mol. The van der Waals surface area contributed by atoms with Crippen molar-refractivity contribution in [1.29, 1.82) is 0 Å². The van der Waals surface area contributed by atoms with E-state index < -0.39 is 5.97 Å². The second-order valence-corrected chi connectivity index (χ2v) is 4.39. The number of aliphatic carboxylic acids is 1. The van der Waals surface area contributed by atoms with Gasteiger partial charge in [0.15, 0.2) is 0 Å². The number of carboxylic acids is 1. The van der Waals surface area contributed by atoms with Gasteiger partial charge in [-0.05, 0) is 36.6 Å². The normalized spacial score (nSPS) is 20.4. The zero-order valence-corrected chi connectivity index (χ0v) is 9.93. The first-order valence-corrected chi connectivity index (χ1v) is 5.77. The molecule has 0 saturated carbocycles. The van der Waals surface area contributed by atoms with Crippen LogP contribution in [0.3, 0.4) is 0 Å². The number of likely N-dealkylation sites (tertiary alicyclic amines) is 1. The molecule has 0 bridgehead atoms. The minimum Gasteiger partial charge on any atom is -0.497 e. The van der Waals surface area contributed by atoms with Crippen LogP contribution in [0, 0.1) is 0 Å². The summed E-state index contributed by atoms with van der Waals surface area (Å²) in [5, 5.41) is 8.74. The third kappa shape index (κ3) is 2.97. The molecule has 0 spiro atoms. The molecule has 1 aromatic carbocycles. The van der Waals surface area contributed by atoms with Gasteiger partial charge in [0.2, 0.25) is 0 Å². The Hall–Kier alpha value is -1.55. The molecule has 1 N–H and O–H groups in total. The van der Waals surface area contributed by atoms with E-state index in [1.54, 1.807) is 7.11 Å². The molecule has 1 aromatic rings. The van der Waals surface area contributed by atoms with Crippen molar-refractivity contribution in [3.63, 3.8) is 0 Å². The largest absolute Gasteiger partial charge is 0.497 e. The second-order valence-electron chi connectivity index (χ2n) is 4.39. The molecule has 4 nitrogen and oxygen atoms in total. The van der Waals surface area contributed by atoms with Gasteiger partial charge >= 0.3 is 5.97 Å². The quantitative estimate of drug-likeness (QED) is 0.860. The van der Waals surface area contributed by atoms with Gasteiger partial charge < -0.3 is 9.84 Å². The van der Waals surface area contributed by atoms with Gasteiger partial charge in [-0.25, -0.2) is 0 Å². The maximum Gasteiger partial charge on any atom is 0.317 e. The van der Waals surface area contributed by atoms with Crippen LogP contribution in [-0.2, 0) is 4.79 Å². The predicted octanol–water partition coefficient (Wildman–Crippen LogP) is 1.57. The van der Waals surface area contributed by atoms with E-state index >= 15 is 0 Å². The molecule has 0 amide bonds. The maximum atomic E-state index is 10.6. The fourth-order valence-electron chi connectivity index (χ4n) is 2.32. The van der Waals surface area contributed by atoms with E-state index in [-0.39, 0.29) is 6.54 Å². The monoisotopic (exact) mass is 235 g/mol. The van der Waals surface area contributed by atoms with Crippen molar-refractivity contribution in [3.05, 3.63) is 29.8 Å². The Labute approximate surface area is 101 Å². The molecule has 1 aliphatic rings. The van der Waals surface area contributed by atoms with Gasteiger partial charge in [0, 0.05) is 6.54 Å². The molecule has 17 heavy (non-hydrogen) atoms. The summed E-state index contributed by atoms with van der Waals surface area (Å²) in [7, 11) is 1.65.